The third-order valence-corrected chi connectivity index (χ3v) is 3.01. The zero-order chi connectivity index (χ0) is 21.0. The fraction of sp³-hybridized carbons (Fsp3) is 0.556. The number of aromatic nitrogens is 2. The van der Waals surface area contributed by atoms with E-state index in [1.165, 1.54) is 18.3 Å². The van der Waals surface area contributed by atoms with Crippen molar-refractivity contribution in [2.75, 3.05) is 11.5 Å². The average molecular weight is 381 g/mol. The predicted molar refractivity (Wildman–Crippen MR) is 99.8 cm³/mol. The molecule has 9 nitrogen and oxygen atoms in total. The molecule has 0 saturated heterocycles. The number of rotatable bonds is 4. The van der Waals surface area contributed by atoms with E-state index in [0.29, 0.717) is 4.90 Å². The molecule has 2 amide bonds. The zero-order valence-electron chi connectivity index (χ0n) is 16.6. The van der Waals surface area contributed by atoms with E-state index >= 15 is 0 Å². The molecule has 1 aromatic heterocycles. The average Bonchev–Trinajstić information content (AvgIpc) is 2.46. The van der Waals surface area contributed by atoms with Crippen molar-refractivity contribution in [1.82, 2.24) is 9.55 Å². The van der Waals surface area contributed by atoms with Crippen LogP contribution in [0.5, 0.6) is 0 Å². The molecular weight excluding hydrogens is 354 g/mol. The van der Waals surface area contributed by atoms with Crippen molar-refractivity contribution >= 4 is 18.0 Å². The minimum atomic E-state index is -1.02. The molecule has 0 spiro atoms. The fourth-order valence-electron chi connectivity index (χ4n) is 1.93. The molecule has 0 aliphatic carbocycles. The summed E-state index contributed by atoms with van der Waals surface area (Å²) < 4.78 is 11.6. The van der Waals surface area contributed by atoms with Gasteiger partial charge in [0.05, 0.1) is 12.6 Å². The highest BCUT2D eigenvalue weighted by Crippen LogP contribution is 2.19. The van der Waals surface area contributed by atoms with Crippen LogP contribution in [0.4, 0.5) is 15.4 Å². The second kappa shape index (κ2) is 8.34. The monoisotopic (exact) mass is 381 g/mol. The topological polar surface area (TPSA) is 111 Å². The molecule has 1 rings (SSSR count). The molecule has 0 aliphatic rings. The Morgan fingerprint density at radius 2 is 1.70 bits per heavy atom. The van der Waals surface area contributed by atoms with Gasteiger partial charge in [-0.2, -0.15) is 9.88 Å². The largest absolute Gasteiger partial charge is 0.443 e. The number of aliphatic hydroxyl groups excluding tert-OH is 1. The Hall–Kier alpha value is -2.68. The van der Waals surface area contributed by atoms with Gasteiger partial charge < -0.3 is 14.6 Å². The van der Waals surface area contributed by atoms with Crippen molar-refractivity contribution in [1.29, 1.82) is 0 Å². The van der Waals surface area contributed by atoms with Gasteiger partial charge >= 0.3 is 17.9 Å². The lowest BCUT2D eigenvalue weighted by atomic mass is 10.2. The van der Waals surface area contributed by atoms with Gasteiger partial charge in [0.25, 0.3) is 0 Å². The Kier molecular flexibility index (Phi) is 6.91. The van der Waals surface area contributed by atoms with E-state index in [0.717, 1.165) is 4.57 Å². The fourth-order valence-corrected chi connectivity index (χ4v) is 1.93. The maximum Gasteiger partial charge on any atom is 0.425 e. The summed E-state index contributed by atoms with van der Waals surface area (Å²) >= 11 is 0. The molecule has 1 aromatic rings. The van der Waals surface area contributed by atoms with Crippen LogP contribution in [0.25, 0.3) is 0 Å². The summed E-state index contributed by atoms with van der Waals surface area (Å²) in [5, 5.41) is 9.30. The Morgan fingerprint density at radius 1 is 1.22 bits per heavy atom. The lowest BCUT2D eigenvalue weighted by molar-refractivity contribution is 0.0429. The summed E-state index contributed by atoms with van der Waals surface area (Å²) in [6.07, 6.45) is 0.629. The molecule has 0 fully saturated rings. The number of nitrogens with zero attached hydrogens (tertiary/aromatic N) is 3. The highest BCUT2D eigenvalue weighted by Gasteiger charge is 2.34. The molecular formula is C18H27N3O6. The van der Waals surface area contributed by atoms with Gasteiger partial charge in [0.1, 0.15) is 11.2 Å². The summed E-state index contributed by atoms with van der Waals surface area (Å²) in [6.45, 7) is 13.0. The second-order valence-electron chi connectivity index (χ2n) is 7.76. The lowest BCUT2D eigenvalue weighted by Gasteiger charge is -2.28. The van der Waals surface area contributed by atoms with Crippen molar-refractivity contribution in [2.45, 2.75) is 58.8 Å². The first-order valence-electron chi connectivity index (χ1n) is 8.37. The molecule has 0 aliphatic heterocycles. The Balaban J connectivity index is 3.36. The van der Waals surface area contributed by atoms with Crippen LogP contribution >= 0.6 is 0 Å². The number of hydrogen-bond donors (Lipinski definition) is 1. The van der Waals surface area contributed by atoms with Crippen LogP contribution in [0.3, 0.4) is 0 Å². The molecule has 0 bridgehead atoms. The first kappa shape index (κ1) is 22.4. The number of anilines is 1. The van der Waals surface area contributed by atoms with Crippen LogP contribution in [-0.2, 0) is 9.47 Å². The molecule has 0 radical (unpaired) electrons. The van der Waals surface area contributed by atoms with Gasteiger partial charge in [-0.15, -0.1) is 6.58 Å². The smallest absolute Gasteiger partial charge is 0.425 e. The summed E-state index contributed by atoms with van der Waals surface area (Å²) in [4.78, 5) is 41.7. The summed E-state index contributed by atoms with van der Waals surface area (Å²) in [6, 6.07) is 0.594. The van der Waals surface area contributed by atoms with Crippen molar-refractivity contribution in [3.8, 4) is 0 Å². The lowest BCUT2D eigenvalue weighted by Crippen LogP contribution is -2.45. The minimum absolute atomic E-state index is 0.250. The number of aliphatic hydroxyl groups is 1. The van der Waals surface area contributed by atoms with Gasteiger partial charge in [-0.25, -0.2) is 14.4 Å². The van der Waals surface area contributed by atoms with Gasteiger partial charge in [0.15, 0.2) is 5.82 Å². The third-order valence-electron chi connectivity index (χ3n) is 3.01. The first-order chi connectivity index (χ1) is 12.3. The van der Waals surface area contributed by atoms with Gasteiger partial charge in [-0.1, -0.05) is 6.08 Å². The summed E-state index contributed by atoms with van der Waals surface area (Å²) in [5.41, 5.74) is -2.53. The van der Waals surface area contributed by atoms with E-state index in [2.05, 4.69) is 11.6 Å². The second-order valence-corrected chi connectivity index (χ2v) is 7.76. The van der Waals surface area contributed by atoms with Crippen LogP contribution in [0.15, 0.2) is 29.7 Å². The van der Waals surface area contributed by atoms with E-state index in [1.54, 1.807) is 41.5 Å². The maximum atomic E-state index is 12.5. The minimum Gasteiger partial charge on any atom is -0.443 e. The zero-order valence-corrected chi connectivity index (χ0v) is 16.6. The van der Waals surface area contributed by atoms with Crippen molar-refractivity contribution in [3.05, 3.63) is 35.4 Å². The van der Waals surface area contributed by atoms with E-state index < -0.39 is 35.1 Å². The maximum absolute atomic E-state index is 12.5. The quantitative estimate of drug-likeness (QED) is 0.798. The number of ether oxygens (including phenoxy) is 2. The number of carbonyl (C=O) groups excluding carboxylic acids is 2. The van der Waals surface area contributed by atoms with Crippen LogP contribution in [0, 0.1) is 0 Å². The standard InChI is InChI=1S/C18H27N3O6/c1-8-12(11-22)20-10-9-13(19-14(20)23)21(15(24)26-17(2,3)4)16(25)27-18(5,6)7/h8-10,12,22H,1,11H2,2-7H3. The number of hydrogen-bond acceptors (Lipinski definition) is 7. The molecule has 27 heavy (non-hydrogen) atoms. The van der Waals surface area contributed by atoms with Crippen molar-refractivity contribution in [3.63, 3.8) is 0 Å². The highest BCUT2D eigenvalue weighted by atomic mass is 16.6. The van der Waals surface area contributed by atoms with E-state index in [4.69, 9.17) is 9.47 Å². The molecule has 150 valence electrons. The van der Waals surface area contributed by atoms with Crippen LogP contribution in [0.2, 0.25) is 0 Å². The predicted octanol–water partition coefficient (Wildman–Crippen LogP) is 2.64. The number of imide groups is 1. The molecule has 1 atom stereocenters. The van der Waals surface area contributed by atoms with Crippen LogP contribution in [0.1, 0.15) is 47.6 Å². The van der Waals surface area contributed by atoms with Crippen LogP contribution < -0.4 is 10.6 Å². The van der Waals surface area contributed by atoms with Gasteiger partial charge in [-0.3, -0.25) is 4.57 Å². The van der Waals surface area contributed by atoms with Crippen LogP contribution in [-0.4, -0.2) is 44.7 Å². The van der Waals surface area contributed by atoms with Crippen molar-refractivity contribution < 1.29 is 24.2 Å². The van der Waals surface area contributed by atoms with E-state index in [1.807, 2.05) is 0 Å². The SMILES string of the molecule is C=CC(CO)n1ccc(N(C(=O)OC(C)(C)C)C(=O)OC(C)(C)C)nc1=O. The first-order valence-corrected chi connectivity index (χ1v) is 8.37. The third kappa shape index (κ3) is 6.52. The molecule has 9 heteroatoms. The molecule has 1 unspecified atom stereocenters. The highest BCUT2D eigenvalue weighted by molar-refractivity contribution is 6.08. The summed E-state index contributed by atoms with van der Waals surface area (Å²) in [5.74, 6) is -0.250. The molecule has 1 heterocycles. The van der Waals surface area contributed by atoms with E-state index in [9.17, 15) is 19.5 Å². The Labute approximate surface area is 158 Å². The van der Waals surface area contributed by atoms with E-state index in [-0.39, 0.29) is 12.4 Å². The van der Waals surface area contributed by atoms with Gasteiger partial charge in [0.2, 0.25) is 0 Å². The number of carbonyl (C=O) groups is 2. The normalized spacial score (nSPS) is 12.9. The molecule has 0 saturated carbocycles. The van der Waals surface area contributed by atoms with Gasteiger partial charge in [0, 0.05) is 6.20 Å². The van der Waals surface area contributed by atoms with Gasteiger partial charge in [-0.05, 0) is 47.6 Å². The Morgan fingerprint density at radius 3 is 2.04 bits per heavy atom. The van der Waals surface area contributed by atoms with Crippen molar-refractivity contribution in [2.24, 2.45) is 0 Å². The Bertz CT molecular complexity index is 730. The summed E-state index contributed by atoms with van der Waals surface area (Å²) in [7, 11) is 0. The molecule has 0 aromatic carbocycles. The number of amides is 2. The molecule has 1 N–H and O–H groups in total.